The molecule has 94 valence electrons. The Kier molecular flexibility index (Phi) is 2.58. The van der Waals surface area contributed by atoms with Crippen LogP contribution in [-0.4, -0.2) is 35.0 Å². The Hall–Kier alpha value is -1.84. The Labute approximate surface area is 105 Å². The van der Waals surface area contributed by atoms with Crippen molar-refractivity contribution in [2.75, 3.05) is 13.1 Å². The van der Waals surface area contributed by atoms with Gasteiger partial charge in [-0.05, 0) is 30.5 Å². The summed E-state index contributed by atoms with van der Waals surface area (Å²) in [5, 5.41) is 8.82. The van der Waals surface area contributed by atoms with E-state index in [-0.39, 0.29) is 0 Å². The number of rotatable bonds is 3. The van der Waals surface area contributed by atoms with Crippen LogP contribution in [-0.2, 0) is 4.79 Å². The first kappa shape index (κ1) is 11.3. The maximum atomic E-state index is 11.8. The van der Waals surface area contributed by atoms with Crippen LogP contribution in [0.5, 0.6) is 0 Å². The molecule has 1 amide bonds. The van der Waals surface area contributed by atoms with Crippen LogP contribution < -0.4 is 0 Å². The van der Waals surface area contributed by atoms with Crippen LogP contribution in [0.25, 0.3) is 0 Å². The molecule has 0 aromatic heterocycles. The number of likely N-dealkylation sites (tertiary alicyclic amines) is 1. The van der Waals surface area contributed by atoms with Gasteiger partial charge in [0.1, 0.15) is 0 Å². The molecule has 4 heteroatoms. The monoisotopic (exact) mass is 245 g/mol. The highest BCUT2D eigenvalue weighted by atomic mass is 16.4. The molecule has 2 fully saturated rings. The van der Waals surface area contributed by atoms with E-state index < -0.39 is 5.97 Å². The normalized spacial score (nSPS) is 19.4. The van der Waals surface area contributed by atoms with E-state index in [0.29, 0.717) is 23.3 Å². The van der Waals surface area contributed by atoms with Gasteiger partial charge in [0.2, 0.25) is 5.91 Å². The summed E-state index contributed by atoms with van der Waals surface area (Å²) in [7, 11) is 0. The Morgan fingerprint density at radius 3 is 2.22 bits per heavy atom. The molecule has 1 aliphatic carbocycles. The molecule has 1 saturated carbocycles. The zero-order valence-corrected chi connectivity index (χ0v) is 10.0. The number of carboxylic acids is 1. The van der Waals surface area contributed by atoms with Crippen LogP contribution in [0.1, 0.15) is 34.7 Å². The van der Waals surface area contributed by atoms with Crippen LogP contribution in [0, 0.1) is 5.92 Å². The van der Waals surface area contributed by atoms with Gasteiger partial charge < -0.3 is 10.0 Å². The van der Waals surface area contributed by atoms with Crippen molar-refractivity contribution in [3.8, 4) is 0 Å². The summed E-state index contributed by atoms with van der Waals surface area (Å²) < 4.78 is 0. The molecule has 0 radical (unpaired) electrons. The van der Waals surface area contributed by atoms with Crippen LogP contribution in [0.3, 0.4) is 0 Å². The summed E-state index contributed by atoms with van der Waals surface area (Å²) in [5.74, 6) is 0.0602. The van der Waals surface area contributed by atoms with Gasteiger partial charge >= 0.3 is 5.97 Å². The predicted octanol–water partition coefficient (Wildman–Crippen LogP) is 1.72. The van der Waals surface area contributed by atoms with Crippen molar-refractivity contribution in [3.05, 3.63) is 35.4 Å². The number of carbonyl (C=O) groups excluding carboxylic acids is 1. The Morgan fingerprint density at radius 2 is 1.72 bits per heavy atom. The SMILES string of the molecule is O=C(O)c1ccc(C2CN(C(=O)C3CC3)C2)cc1. The highest BCUT2D eigenvalue weighted by molar-refractivity contribution is 5.87. The molecule has 1 N–H and O–H groups in total. The first-order valence-corrected chi connectivity index (χ1v) is 6.27. The van der Waals surface area contributed by atoms with Gasteiger partial charge in [-0.15, -0.1) is 0 Å². The molecule has 1 saturated heterocycles. The average molecular weight is 245 g/mol. The fraction of sp³-hybridized carbons (Fsp3) is 0.429. The molecule has 0 atom stereocenters. The third-order valence-corrected chi connectivity index (χ3v) is 3.75. The predicted molar refractivity (Wildman–Crippen MR) is 65.4 cm³/mol. The Balaban J connectivity index is 1.60. The standard InChI is InChI=1S/C14H15NO3/c16-13(10-3-4-10)15-7-12(8-15)9-1-5-11(6-2-9)14(17)18/h1-2,5-6,10,12H,3-4,7-8H2,(H,17,18). The maximum Gasteiger partial charge on any atom is 0.335 e. The summed E-state index contributed by atoms with van der Waals surface area (Å²) in [6.07, 6.45) is 2.10. The van der Waals surface area contributed by atoms with Crippen molar-refractivity contribution in [2.45, 2.75) is 18.8 Å². The average Bonchev–Trinajstić information content (AvgIpc) is 3.11. The summed E-state index contributed by atoms with van der Waals surface area (Å²) >= 11 is 0. The topological polar surface area (TPSA) is 57.6 Å². The van der Waals surface area contributed by atoms with E-state index in [4.69, 9.17) is 5.11 Å². The van der Waals surface area contributed by atoms with Crippen molar-refractivity contribution in [2.24, 2.45) is 5.92 Å². The minimum absolute atomic E-state index is 0.292. The third kappa shape index (κ3) is 1.98. The first-order valence-electron chi connectivity index (χ1n) is 6.27. The number of nitrogens with zero attached hydrogens (tertiary/aromatic N) is 1. The molecule has 18 heavy (non-hydrogen) atoms. The van der Waals surface area contributed by atoms with Crippen molar-refractivity contribution >= 4 is 11.9 Å². The summed E-state index contributed by atoms with van der Waals surface area (Å²) in [5.41, 5.74) is 1.43. The van der Waals surface area contributed by atoms with E-state index in [1.165, 1.54) is 0 Å². The van der Waals surface area contributed by atoms with Crippen LogP contribution in [0.2, 0.25) is 0 Å². The molecule has 4 nitrogen and oxygen atoms in total. The maximum absolute atomic E-state index is 11.8. The molecule has 1 aromatic rings. The van der Waals surface area contributed by atoms with Gasteiger partial charge in [-0.3, -0.25) is 4.79 Å². The summed E-state index contributed by atoms with van der Waals surface area (Å²) in [4.78, 5) is 24.4. The number of carbonyl (C=O) groups is 2. The molecule has 0 bridgehead atoms. The van der Waals surface area contributed by atoms with E-state index in [1.54, 1.807) is 12.1 Å². The lowest BCUT2D eigenvalue weighted by atomic mass is 9.90. The molecular weight excluding hydrogens is 230 g/mol. The highest BCUT2D eigenvalue weighted by Gasteiger charge is 2.39. The van der Waals surface area contributed by atoms with E-state index in [0.717, 1.165) is 31.5 Å². The zero-order valence-electron chi connectivity index (χ0n) is 10.0. The lowest BCUT2D eigenvalue weighted by molar-refractivity contribution is -0.137. The summed E-state index contributed by atoms with van der Waals surface area (Å²) in [6.45, 7) is 1.56. The molecule has 3 rings (SSSR count). The fourth-order valence-corrected chi connectivity index (χ4v) is 2.36. The minimum atomic E-state index is -0.902. The number of benzene rings is 1. The van der Waals surface area contributed by atoms with Gasteiger partial charge in [0.05, 0.1) is 5.56 Å². The Morgan fingerprint density at radius 1 is 1.11 bits per heavy atom. The third-order valence-electron chi connectivity index (χ3n) is 3.75. The second-order valence-electron chi connectivity index (χ2n) is 5.14. The number of amides is 1. The lowest BCUT2D eigenvalue weighted by Crippen LogP contribution is -2.49. The Bertz CT molecular complexity index is 484. The first-order chi connectivity index (χ1) is 8.65. The quantitative estimate of drug-likeness (QED) is 0.882. The van der Waals surface area contributed by atoms with E-state index in [9.17, 15) is 9.59 Å². The van der Waals surface area contributed by atoms with Gasteiger partial charge in [-0.1, -0.05) is 12.1 Å². The van der Waals surface area contributed by atoms with Crippen LogP contribution >= 0.6 is 0 Å². The van der Waals surface area contributed by atoms with Gasteiger partial charge in [-0.25, -0.2) is 4.79 Å². The molecule has 2 aliphatic rings. The fourth-order valence-electron chi connectivity index (χ4n) is 2.36. The van der Waals surface area contributed by atoms with E-state index in [2.05, 4.69) is 0 Å². The second-order valence-corrected chi connectivity index (χ2v) is 5.14. The molecule has 0 spiro atoms. The minimum Gasteiger partial charge on any atom is -0.478 e. The molecule has 1 heterocycles. The molecule has 1 aliphatic heterocycles. The van der Waals surface area contributed by atoms with Crippen LogP contribution in [0.15, 0.2) is 24.3 Å². The molecule has 1 aromatic carbocycles. The van der Waals surface area contributed by atoms with Crippen molar-refractivity contribution < 1.29 is 14.7 Å². The van der Waals surface area contributed by atoms with Crippen molar-refractivity contribution in [1.82, 2.24) is 4.90 Å². The molecule has 0 unspecified atom stereocenters. The smallest absolute Gasteiger partial charge is 0.335 e. The van der Waals surface area contributed by atoms with Gasteiger partial charge in [0.15, 0.2) is 0 Å². The number of carboxylic acid groups (broad SMARTS) is 1. The van der Waals surface area contributed by atoms with E-state index >= 15 is 0 Å². The van der Waals surface area contributed by atoms with Gasteiger partial charge in [0.25, 0.3) is 0 Å². The summed E-state index contributed by atoms with van der Waals surface area (Å²) in [6, 6.07) is 6.96. The number of aromatic carboxylic acids is 1. The zero-order chi connectivity index (χ0) is 12.7. The van der Waals surface area contributed by atoms with Crippen molar-refractivity contribution in [1.29, 1.82) is 0 Å². The number of hydrogen-bond acceptors (Lipinski definition) is 2. The van der Waals surface area contributed by atoms with Crippen molar-refractivity contribution in [3.63, 3.8) is 0 Å². The van der Waals surface area contributed by atoms with Gasteiger partial charge in [0, 0.05) is 24.9 Å². The molecular formula is C14H15NO3. The lowest BCUT2D eigenvalue weighted by Gasteiger charge is -2.39. The van der Waals surface area contributed by atoms with Gasteiger partial charge in [-0.2, -0.15) is 0 Å². The number of hydrogen-bond donors (Lipinski definition) is 1. The van der Waals surface area contributed by atoms with Crippen LogP contribution in [0.4, 0.5) is 0 Å². The highest BCUT2D eigenvalue weighted by Crippen LogP contribution is 2.35. The second kappa shape index (κ2) is 4.12. The van der Waals surface area contributed by atoms with E-state index in [1.807, 2.05) is 17.0 Å². The largest absolute Gasteiger partial charge is 0.478 e.